The fourth-order valence-corrected chi connectivity index (χ4v) is 3.19. The van der Waals surface area contributed by atoms with Crippen molar-refractivity contribution in [2.45, 2.75) is 65.0 Å². The van der Waals surface area contributed by atoms with Gasteiger partial charge in [-0.05, 0) is 38.6 Å². The summed E-state index contributed by atoms with van der Waals surface area (Å²) in [5.74, 6) is 0.0801. The first-order valence-electron chi connectivity index (χ1n) is 8.88. The molecule has 0 bridgehead atoms. The Hall–Kier alpha value is -1.10. The Bertz CT molecular complexity index is 387. The molecule has 0 aromatic carbocycles. The SMILES string of the molecule is CC[C@@H](C)C(=O)NCC(=O)N(C1CC1)C1CCN(CC)CC1. The van der Waals surface area contributed by atoms with Gasteiger partial charge >= 0.3 is 0 Å². The Balaban J connectivity index is 1.86. The number of nitrogens with one attached hydrogen (secondary N) is 1. The summed E-state index contributed by atoms with van der Waals surface area (Å²) in [6.07, 6.45) is 5.19. The maximum Gasteiger partial charge on any atom is 0.242 e. The Morgan fingerprint density at radius 3 is 2.23 bits per heavy atom. The number of nitrogens with zero attached hydrogens (tertiary/aromatic N) is 2. The van der Waals surface area contributed by atoms with E-state index in [0.717, 1.165) is 51.7 Å². The highest BCUT2D eigenvalue weighted by Crippen LogP contribution is 2.31. The Kier molecular flexibility index (Phi) is 6.24. The van der Waals surface area contributed by atoms with E-state index in [-0.39, 0.29) is 24.3 Å². The van der Waals surface area contributed by atoms with E-state index in [1.807, 2.05) is 13.8 Å². The van der Waals surface area contributed by atoms with Crippen LogP contribution in [0.5, 0.6) is 0 Å². The Labute approximate surface area is 134 Å². The molecule has 1 saturated heterocycles. The molecule has 0 spiro atoms. The van der Waals surface area contributed by atoms with Crippen LogP contribution in [-0.2, 0) is 9.59 Å². The van der Waals surface area contributed by atoms with E-state index in [2.05, 4.69) is 22.0 Å². The summed E-state index contributed by atoms with van der Waals surface area (Å²) in [6.45, 7) is 9.49. The van der Waals surface area contributed by atoms with Gasteiger partial charge in [-0.2, -0.15) is 0 Å². The van der Waals surface area contributed by atoms with Gasteiger partial charge in [-0.15, -0.1) is 0 Å². The van der Waals surface area contributed by atoms with E-state index < -0.39 is 0 Å². The molecule has 1 saturated carbocycles. The van der Waals surface area contributed by atoms with Crippen LogP contribution in [0.4, 0.5) is 0 Å². The molecule has 0 aromatic heterocycles. The first kappa shape index (κ1) is 17.3. The number of carbonyl (C=O) groups excluding carboxylic acids is 2. The number of hydrogen-bond donors (Lipinski definition) is 1. The predicted octanol–water partition coefficient (Wildman–Crippen LogP) is 1.62. The maximum atomic E-state index is 12.6. The second-order valence-corrected chi connectivity index (χ2v) is 6.72. The van der Waals surface area contributed by atoms with Crippen molar-refractivity contribution in [2.75, 3.05) is 26.2 Å². The van der Waals surface area contributed by atoms with Crippen LogP contribution in [0.3, 0.4) is 0 Å². The van der Waals surface area contributed by atoms with Crippen LogP contribution in [0.1, 0.15) is 52.9 Å². The minimum atomic E-state index is -0.0185. The number of amides is 2. The highest BCUT2D eigenvalue weighted by Gasteiger charge is 2.38. The number of carbonyl (C=O) groups is 2. The molecule has 0 unspecified atom stereocenters. The van der Waals surface area contributed by atoms with E-state index in [0.29, 0.717) is 12.1 Å². The zero-order valence-electron chi connectivity index (χ0n) is 14.3. The van der Waals surface area contributed by atoms with Crippen LogP contribution < -0.4 is 5.32 Å². The fourth-order valence-electron chi connectivity index (χ4n) is 3.19. The van der Waals surface area contributed by atoms with Crippen LogP contribution in [-0.4, -0.2) is 59.9 Å². The largest absolute Gasteiger partial charge is 0.347 e. The number of likely N-dealkylation sites (tertiary alicyclic amines) is 1. The highest BCUT2D eigenvalue weighted by atomic mass is 16.2. The van der Waals surface area contributed by atoms with Crippen molar-refractivity contribution in [3.05, 3.63) is 0 Å². The lowest BCUT2D eigenvalue weighted by Gasteiger charge is -2.38. The molecule has 0 radical (unpaired) electrons. The summed E-state index contributed by atoms with van der Waals surface area (Å²) < 4.78 is 0. The summed E-state index contributed by atoms with van der Waals surface area (Å²) >= 11 is 0. The molecule has 1 N–H and O–H groups in total. The predicted molar refractivity (Wildman–Crippen MR) is 87.5 cm³/mol. The van der Waals surface area contributed by atoms with Crippen molar-refractivity contribution in [3.63, 3.8) is 0 Å². The molecule has 22 heavy (non-hydrogen) atoms. The standard InChI is InChI=1S/C17H31N3O2/c1-4-13(3)17(22)18-12-16(21)20(14-6-7-14)15-8-10-19(5-2)11-9-15/h13-15H,4-12H2,1-3H3,(H,18,22)/t13-/m1/s1. The van der Waals surface area contributed by atoms with Crippen LogP contribution in [0.15, 0.2) is 0 Å². The van der Waals surface area contributed by atoms with Crippen molar-refractivity contribution in [1.82, 2.24) is 15.1 Å². The first-order valence-corrected chi connectivity index (χ1v) is 8.88. The monoisotopic (exact) mass is 309 g/mol. The third kappa shape index (κ3) is 4.45. The van der Waals surface area contributed by atoms with Gasteiger partial charge in [-0.25, -0.2) is 0 Å². The molecular weight excluding hydrogens is 278 g/mol. The molecule has 1 aliphatic carbocycles. The molecule has 5 heteroatoms. The van der Waals surface area contributed by atoms with Gasteiger partial charge in [-0.1, -0.05) is 20.8 Å². The van der Waals surface area contributed by atoms with E-state index in [1.54, 1.807) is 0 Å². The number of piperidine rings is 1. The molecule has 2 rings (SSSR count). The second kappa shape index (κ2) is 7.95. The fraction of sp³-hybridized carbons (Fsp3) is 0.882. The maximum absolute atomic E-state index is 12.6. The molecule has 1 atom stereocenters. The first-order chi connectivity index (χ1) is 10.6. The highest BCUT2D eigenvalue weighted by molar-refractivity contribution is 5.86. The summed E-state index contributed by atoms with van der Waals surface area (Å²) in [6, 6.07) is 0.787. The second-order valence-electron chi connectivity index (χ2n) is 6.72. The van der Waals surface area contributed by atoms with Crippen molar-refractivity contribution >= 4 is 11.8 Å². The third-order valence-electron chi connectivity index (χ3n) is 5.10. The molecular formula is C17H31N3O2. The van der Waals surface area contributed by atoms with Gasteiger partial charge in [0.1, 0.15) is 0 Å². The molecule has 0 aromatic rings. The average molecular weight is 309 g/mol. The zero-order chi connectivity index (χ0) is 16.1. The van der Waals surface area contributed by atoms with Crippen molar-refractivity contribution in [2.24, 2.45) is 5.92 Å². The van der Waals surface area contributed by atoms with E-state index in [9.17, 15) is 9.59 Å². The van der Waals surface area contributed by atoms with Crippen LogP contribution in [0.25, 0.3) is 0 Å². The Morgan fingerprint density at radius 2 is 1.73 bits per heavy atom. The lowest BCUT2D eigenvalue weighted by Crippen LogP contribution is -2.51. The van der Waals surface area contributed by atoms with Crippen LogP contribution in [0.2, 0.25) is 0 Å². The molecule has 1 aliphatic heterocycles. The van der Waals surface area contributed by atoms with Gasteiger partial charge < -0.3 is 15.1 Å². The lowest BCUT2D eigenvalue weighted by molar-refractivity contribution is -0.137. The van der Waals surface area contributed by atoms with E-state index >= 15 is 0 Å². The number of rotatable bonds is 7. The van der Waals surface area contributed by atoms with Crippen molar-refractivity contribution in [1.29, 1.82) is 0 Å². The smallest absolute Gasteiger partial charge is 0.242 e. The van der Waals surface area contributed by atoms with Gasteiger partial charge in [0, 0.05) is 31.1 Å². The topological polar surface area (TPSA) is 52.7 Å². The molecule has 126 valence electrons. The average Bonchev–Trinajstić information content (AvgIpc) is 3.37. The van der Waals surface area contributed by atoms with Gasteiger partial charge in [0.25, 0.3) is 0 Å². The lowest BCUT2D eigenvalue weighted by atomic mass is 10.0. The van der Waals surface area contributed by atoms with Gasteiger partial charge in [0.15, 0.2) is 0 Å². The normalized spacial score (nSPS) is 21.4. The van der Waals surface area contributed by atoms with Crippen LogP contribution in [0, 0.1) is 5.92 Å². The Morgan fingerprint density at radius 1 is 1.14 bits per heavy atom. The third-order valence-corrected chi connectivity index (χ3v) is 5.10. The minimum Gasteiger partial charge on any atom is -0.347 e. The molecule has 2 amide bonds. The quantitative estimate of drug-likeness (QED) is 0.777. The molecule has 1 heterocycles. The van der Waals surface area contributed by atoms with Crippen molar-refractivity contribution in [3.8, 4) is 0 Å². The summed E-state index contributed by atoms with van der Waals surface area (Å²) in [7, 11) is 0. The minimum absolute atomic E-state index is 0.00704. The zero-order valence-corrected chi connectivity index (χ0v) is 14.3. The van der Waals surface area contributed by atoms with E-state index in [4.69, 9.17) is 0 Å². The molecule has 2 aliphatic rings. The summed E-state index contributed by atoms with van der Waals surface area (Å²) in [5, 5.41) is 2.81. The van der Waals surface area contributed by atoms with Gasteiger partial charge in [0.2, 0.25) is 11.8 Å². The van der Waals surface area contributed by atoms with Gasteiger partial charge in [0.05, 0.1) is 6.54 Å². The van der Waals surface area contributed by atoms with Gasteiger partial charge in [-0.3, -0.25) is 9.59 Å². The van der Waals surface area contributed by atoms with Crippen LogP contribution >= 0.6 is 0 Å². The van der Waals surface area contributed by atoms with Crippen molar-refractivity contribution < 1.29 is 9.59 Å². The summed E-state index contributed by atoms with van der Waals surface area (Å²) in [5.41, 5.74) is 0. The van der Waals surface area contributed by atoms with E-state index in [1.165, 1.54) is 0 Å². The molecule has 5 nitrogen and oxygen atoms in total. The summed E-state index contributed by atoms with van der Waals surface area (Å²) in [4.78, 5) is 29.0. The number of hydrogen-bond acceptors (Lipinski definition) is 3. The molecule has 2 fully saturated rings.